The Labute approximate surface area is 759 Å². The standard InChI is InChI=1S/C21H17ClF4N8O2.C21H18ClF3N8O2.C18H17ClF4N6O.C18H18ClF3N6O.10H2/c22-11-5-12-13(7-29-17(12)28-6-11)18-30-8-14(23)19(32-18)34-4-3-33(16(35)1-2-27)9-15(34)20(36)31-10-21(24,25)26;22-12-7-13-14(9-29-18(13)28-8-12)19-27-4-2-16(31-19)33-6-5-32(17(34)1-3-26)10-15(33)20(35)30-11-21(23,24)25;1-2-3-13(17(30)27-8-18(21,22)23)28-16-12(20)7-26-15(29-16)11-6-25-14-10(11)4-9(19)5-24-14;1-2-3-13(17(29)26-9-18(20,21)22)27-14-4-5-23-16(28-14)12-8-25-15-11(12)6-10(19)7-24-15;;;;;;;;;;/h5-8,15H,1,3-4,9-10H2,(H,28,29)(H,31,36);2,4,7-9,15H,1,5-6,10-11H2,(H,28,29)(H,30,35);4-7,13H,2-3,8H2,1H3,(H,24,25)(H,27,30)(H,26,28,29);4-8,13H,2-3,9H2,1H3,(H,24,25)(H,26,29)(H,23,27,28);10*1H/t2*15-;2*13-;;;;;;;;;;/m1111........../s1. The number of hydrogen-bond acceptors (Lipinski definition) is 24. The third-order valence-corrected chi connectivity index (χ3v) is 19.9. The third-order valence-electron chi connectivity index (χ3n) is 19.1. The van der Waals surface area contributed by atoms with Gasteiger partial charge in [0.25, 0.3) is 0 Å². The van der Waals surface area contributed by atoms with Crippen molar-refractivity contribution >= 4 is 149 Å². The van der Waals surface area contributed by atoms with Crippen molar-refractivity contribution in [2.75, 3.05) is 85.9 Å². The summed E-state index contributed by atoms with van der Waals surface area (Å²) in [5.74, 6) is -5.71. The van der Waals surface area contributed by atoms with Crippen molar-refractivity contribution in [2.24, 2.45) is 0 Å². The number of nitriles is 2. The van der Waals surface area contributed by atoms with Crippen molar-refractivity contribution in [1.29, 1.82) is 10.5 Å². The molecule has 12 aromatic rings. The largest absolute Gasteiger partial charge is 0.405 e. The van der Waals surface area contributed by atoms with Gasteiger partial charge in [0.1, 0.15) is 97.4 Å². The number of rotatable bonds is 24. The molecule has 2 fully saturated rings. The molecule has 12 aromatic heterocycles. The van der Waals surface area contributed by atoms with Crippen LogP contribution in [0.15, 0.2) is 111 Å². The molecular formula is C78H90Cl4F14N28O6. The second-order valence-corrected chi connectivity index (χ2v) is 30.1. The predicted molar refractivity (Wildman–Crippen MR) is 466 cm³/mol. The lowest BCUT2D eigenvalue weighted by Gasteiger charge is -2.41. The van der Waals surface area contributed by atoms with Crippen LogP contribution in [-0.4, -0.2) is 239 Å². The number of halogens is 18. The van der Waals surface area contributed by atoms with Crippen LogP contribution < -0.4 is 41.7 Å². The molecule has 0 spiro atoms. The molecule has 2 aliphatic rings. The van der Waals surface area contributed by atoms with Crippen molar-refractivity contribution in [3.63, 3.8) is 0 Å². The number of carbonyl (C=O) groups excluding carboxylic acids is 6. The molecule has 130 heavy (non-hydrogen) atoms. The number of H-pyrrole nitrogens is 4. The van der Waals surface area contributed by atoms with E-state index in [0.717, 1.165) is 17.8 Å². The minimum absolute atomic E-state index is 0. The van der Waals surface area contributed by atoms with E-state index >= 15 is 0 Å². The van der Waals surface area contributed by atoms with Gasteiger partial charge < -0.3 is 71.4 Å². The van der Waals surface area contributed by atoms with E-state index in [9.17, 15) is 90.2 Å². The smallest absolute Gasteiger partial charge is 0.358 e. The van der Waals surface area contributed by atoms with Crippen molar-refractivity contribution in [3.05, 3.63) is 142 Å². The number of amides is 6. The fourth-order valence-electron chi connectivity index (χ4n) is 13.2. The van der Waals surface area contributed by atoms with Crippen LogP contribution in [0.1, 0.15) is 66.6 Å². The number of pyridine rings is 4. The molecule has 14 heterocycles. The van der Waals surface area contributed by atoms with Crippen LogP contribution in [0.4, 0.5) is 84.7 Å². The van der Waals surface area contributed by atoms with E-state index in [4.69, 9.17) is 56.9 Å². The average molecular weight is 1920 g/mol. The van der Waals surface area contributed by atoms with Gasteiger partial charge in [-0.3, -0.25) is 28.8 Å². The van der Waals surface area contributed by atoms with E-state index in [1.807, 2.05) is 17.6 Å². The molecular weight excluding hydrogens is 1830 g/mol. The van der Waals surface area contributed by atoms with Crippen LogP contribution in [0.25, 0.3) is 89.7 Å². The molecule has 6 amide bonds. The molecule has 0 bridgehead atoms. The van der Waals surface area contributed by atoms with Gasteiger partial charge in [-0.1, -0.05) is 73.1 Å². The third kappa shape index (κ3) is 25.8. The Kier molecular flexibility index (Phi) is 31.6. The van der Waals surface area contributed by atoms with E-state index in [1.165, 1.54) is 69.0 Å². The summed E-state index contributed by atoms with van der Waals surface area (Å²) in [6, 6.07) is 8.66. The summed E-state index contributed by atoms with van der Waals surface area (Å²) in [6.07, 6.45) is -0.485. The first-order valence-electron chi connectivity index (χ1n) is 38.6. The summed E-state index contributed by atoms with van der Waals surface area (Å²) in [7, 11) is 0. The van der Waals surface area contributed by atoms with Gasteiger partial charge in [0.15, 0.2) is 46.6 Å². The second kappa shape index (κ2) is 42.5. The van der Waals surface area contributed by atoms with Gasteiger partial charge in [-0.05, 0) is 49.2 Å². The highest BCUT2D eigenvalue weighted by atomic mass is 35.5. The van der Waals surface area contributed by atoms with E-state index in [1.54, 1.807) is 78.6 Å². The van der Waals surface area contributed by atoms with Gasteiger partial charge in [0.05, 0.1) is 57.7 Å². The van der Waals surface area contributed by atoms with Crippen molar-refractivity contribution in [1.82, 2.24) is 111 Å². The maximum atomic E-state index is 14.9. The van der Waals surface area contributed by atoms with Crippen LogP contribution in [0, 0.1) is 34.3 Å². The Morgan fingerprint density at radius 2 is 0.823 bits per heavy atom. The number of aromatic amines is 4. The Hall–Kier alpha value is -13.7. The first-order chi connectivity index (χ1) is 61.7. The SMILES string of the molecule is CCC[C@@H](Nc1ccnc(-c2c[nH]c3ncc(Cl)cc23)n1)C(=O)NCC(F)(F)F.CCC[C@@H](Nc1nc(-c2c[nH]c3ncc(Cl)cc23)ncc1F)C(=O)NCC(F)(F)F.N#CCC(=O)N1CCN(c2ccnc(-c3c[nH]c4ncc(Cl)cc34)n2)[C@@H](C(=O)NCC(F)(F)F)C1.N#CCC(=O)N1CCN(c2nc(-c3c[nH]c4ncc(Cl)cc34)ncc2F)[C@@H](C(=O)NCC(F)(F)F)C1.[HH].[HH].[HH].[HH].[HH].[HH].[HH].[HH].[HH].[HH]. The van der Waals surface area contributed by atoms with E-state index in [2.05, 4.69) is 90.4 Å². The number of anilines is 4. The quantitative estimate of drug-likeness (QED) is 0.0251. The number of hydrogen-bond donors (Lipinski definition) is 10. The molecule has 2 saturated heterocycles. The molecule has 10 N–H and O–H groups in total. The van der Waals surface area contributed by atoms with E-state index < -0.39 is 135 Å². The number of alkyl halides is 12. The lowest BCUT2D eigenvalue weighted by Crippen LogP contribution is -2.61. The topological polar surface area (TPSA) is 453 Å². The van der Waals surface area contributed by atoms with Gasteiger partial charge in [0.2, 0.25) is 35.4 Å². The number of fused-ring (bicyclic) bond motifs is 4. The fourth-order valence-corrected chi connectivity index (χ4v) is 13.8. The lowest BCUT2D eigenvalue weighted by molar-refractivity contribution is -0.141. The highest BCUT2D eigenvalue weighted by Gasteiger charge is 2.41. The monoisotopic (exact) mass is 1920 g/mol. The van der Waals surface area contributed by atoms with Crippen LogP contribution in [-0.2, 0) is 28.8 Å². The van der Waals surface area contributed by atoms with Gasteiger partial charge >= 0.3 is 24.7 Å². The summed E-state index contributed by atoms with van der Waals surface area (Å²) < 4.78 is 180. The lowest BCUT2D eigenvalue weighted by atomic mass is 10.1. The Morgan fingerprint density at radius 3 is 1.23 bits per heavy atom. The van der Waals surface area contributed by atoms with Crippen molar-refractivity contribution < 1.29 is 104 Å². The van der Waals surface area contributed by atoms with Gasteiger partial charge in [-0.2, -0.15) is 63.2 Å². The summed E-state index contributed by atoms with van der Waals surface area (Å²) in [5.41, 5.74) is 4.35. The van der Waals surface area contributed by atoms with Crippen LogP contribution in [0.3, 0.4) is 0 Å². The molecule has 0 unspecified atom stereocenters. The summed E-state index contributed by atoms with van der Waals surface area (Å²) >= 11 is 24.1. The van der Waals surface area contributed by atoms with Gasteiger partial charge in [-0.25, -0.2) is 68.6 Å². The first-order valence-corrected chi connectivity index (χ1v) is 40.2. The molecule has 2 aliphatic heterocycles. The number of aromatic nitrogens is 16. The van der Waals surface area contributed by atoms with Crippen molar-refractivity contribution in [3.8, 4) is 57.7 Å². The predicted octanol–water partition coefficient (Wildman–Crippen LogP) is 15.2. The highest BCUT2D eigenvalue weighted by Crippen LogP contribution is 2.36. The van der Waals surface area contributed by atoms with E-state index in [-0.39, 0.29) is 89.1 Å². The Balaban J connectivity index is 0.000000915. The molecule has 704 valence electrons. The number of nitrogens with one attached hydrogen (secondary N) is 10. The molecule has 52 heteroatoms. The van der Waals surface area contributed by atoms with Crippen LogP contribution in [0.5, 0.6) is 0 Å². The molecule has 0 aromatic carbocycles. The van der Waals surface area contributed by atoms with Gasteiger partial charge in [-0.15, -0.1) is 0 Å². The second-order valence-electron chi connectivity index (χ2n) is 28.3. The molecule has 4 atom stereocenters. The minimum Gasteiger partial charge on any atom is -0.358 e. The van der Waals surface area contributed by atoms with Crippen molar-refractivity contribution in [2.45, 2.75) is 101 Å². The minimum atomic E-state index is -4.68. The molecule has 34 nitrogen and oxygen atoms in total. The van der Waals surface area contributed by atoms with Gasteiger partial charge in [0, 0.05) is 146 Å². The number of piperazine rings is 2. The molecule has 14 rings (SSSR count). The highest BCUT2D eigenvalue weighted by molar-refractivity contribution is 6.32. The maximum absolute atomic E-state index is 14.9. The fraction of sp³-hybridized carbons (Fsp3) is 0.333. The average Bonchev–Trinajstić information content (AvgIpc) is 1.62. The zero-order chi connectivity index (χ0) is 94.1. The summed E-state index contributed by atoms with van der Waals surface area (Å²) in [6.45, 7) is -2.83. The molecule has 0 saturated carbocycles. The number of nitrogens with zero attached hydrogens (tertiary/aromatic N) is 18. The normalized spacial score (nSPS) is 14.6. The number of carbonyl (C=O) groups is 6. The molecule has 0 radical (unpaired) electrons. The first kappa shape index (κ1) is 96.9. The Bertz CT molecular complexity index is 6240. The molecule has 0 aliphatic carbocycles. The summed E-state index contributed by atoms with van der Waals surface area (Å²) in [5, 5.41) is 34.6. The maximum Gasteiger partial charge on any atom is 0.405 e. The Morgan fingerprint density at radius 1 is 0.462 bits per heavy atom. The zero-order valence-electron chi connectivity index (χ0n) is 67.3. The zero-order valence-corrected chi connectivity index (χ0v) is 70.3. The van der Waals surface area contributed by atoms with Crippen LogP contribution >= 0.6 is 46.4 Å². The van der Waals surface area contributed by atoms with E-state index in [0.29, 0.717) is 118 Å². The van der Waals surface area contributed by atoms with Crippen LogP contribution in [0.2, 0.25) is 20.1 Å². The summed E-state index contributed by atoms with van der Waals surface area (Å²) in [4.78, 5) is 142.